The number of nitrogens with zero attached hydrogens (tertiary/aromatic N) is 1. The molecule has 118 valence electrons. The highest BCUT2D eigenvalue weighted by molar-refractivity contribution is 6.02. The summed E-state index contributed by atoms with van der Waals surface area (Å²) in [6.07, 6.45) is 1.57. The summed E-state index contributed by atoms with van der Waals surface area (Å²) in [5, 5.41) is 2.91. The summed E-state index contributed by atoms with van der Waals surface area (Å²) in [6.45, 7) is 2.05. The van der Waals surface area contributed by atoms with Crippen molar-refractivity contribution in [1.29, 1.82) is 0 Å². The average Bonchev–Trinajstić information content (AvgIpc) is 2.81. The van der Waals surface area contributed by atoms with Crippen LogP contribution < -0.4 is 10.2 Å². The van der Waals surface area contributed by atoms with Gasteiger partial charge in [-0.05, 0) is 42.7 Å². The Hall–Kier alpha value is -2.62. The van der Waals surface area contributed by atoms with Gasteiger partial charge in [0, 0.05) is 24.8 Å². The van der Waals surface area contributed by atoms with Crippen molar-refractivity contribution in [2.45, 2.75) is 26.2 Å². The minimum atomic E-state index is -0.0109. The first-order valence-corrected chi connectivity index (χ1v) is 7.78. The maximum absolute atomic E-state index is 12.1. The van der Waals surface area contributed by atoms with Gasteiger partial charge in [0.05, 0.1) is 6.42 Å². The van der Waals surface area contributed by atoms with Gasteiger partial charge in [-0.3, -0.25) is 9.59 Å². The van der Waals surface area contributed by atoms with E-state index in [1.807, 2.05) is 25.1 Å². The number of likely N-dealkylation sites (N-methyl/N-ethyl adjacent to an activating group) is 1. The van der Waals surface area contributed by atoms with Gasteiger partial charge in [-0.2, -0.15) is 0 Å². The van der Waals surface area contributed by atoms with Crippen molar-refractivity contribution in [1.82, 2.24) is 0 Å². The highest BCUT2D eigenvalue weighted by atomic mass is 16.2. The predicted octanol–water partition coefficient (Wildman–Crippen LogP) is 3.09. The summed E-state index contributed by atoms with van der Waals surface area (Å²) in [4.78, 5) is 25.4. The molecule has 0 unspecified atom stereocenters. The molecule has 0 atom stereocenters. The molecule has 3 rings (SSSR count). The topological polar surface area (TPSA) is 49.4 Å². The van der Waals surface area contributed by atoms with Crippen molar-refractivity contribution >= 4 is 23.2 Å². The van der Waals surface area contributed by atoms with Crippen LogP contribution in [0.3, 0.4) is 0 Å². The first-order chi connectivity index (χ1) is 11.0. The summed E-state index contributed by atoms with van der Waals surface area (Å²) in [5.74, 6) is 0.0750. The quantitative estimate of drug-likeness (QED) is 0.943. The number of benzene rings is 2. The third-order valence-electron chi connectivity index (χ3n) is 4.20. The van der Waals surface area contributed by atoms with Crippen LogP contribution in [0.1, 0.15) is 23.1 Å². The second-order valence-corrected chi connectivity index (χ2v) is 6.01. The van der Waals surface area contributed by atoms with Crippen molar-refractivity contribution in [3.05, 3.63) is 59.2 Å². The minimum Gasteiger partial charge on any atom is -0.326 e. The normalized spacial score (nSPS) is 13.1. The van der Waals surface area contributed by atoms with Crippen LogP contribution in [-0.4, -0.2) is 18.9 Å². The van der Waals surface area contributed by atoms with Crippen LogP contribution in [0, 0.1) is 6.92 Å². The Balaban J connectivity index is 1.59. The van der Waals surface area contributed by atoms with Crippen molar-refractivity contribution in [3.63, 3.8) is 0 Å². The van der Waals surface area contributed by atoms with Gasteiger partial charge in [0.2, 0.25) is 11.8 Å². The van der Waals surface area contributed by atoms with Crippen LogP contribution in [0.2, 0.25) is 0 Å². The molecule has 0 aliphatic carbocycles. The van der Waals surface area contributed by atoms with Gasteiger partial charge < -0.3 is 10.2 Å². The third kappa shape index (κ3) is 3.42. The highest BCUT2D eigenvalue weighted by Gasteiger charge is 2.23. The number of hydrogen-bond donors (Lipinski definition) is 1. The van der Waals surface area contributed by atoms with Crippen LogP contribution in [0.5, 0.6) is 0 Å². The maximum Gasteiger partial charge on any atom is 0.231 e. The van der Waals surface area contributed by atoms with Crippen LogP contribution in [0.25, 0.3) is 0 Å². The van der Waals surface area contributed by atoms with E-state index in [-0.39, 0.29) is 11.8 Å². The second kappa shape index (κ2) is 6.24. The molecule has 0 spiro atoms. The molecule has 2 aromatic carbocycles. The Bertz CT molecular complexity index is 750. The zero-order chi connectivity index (χ0) is 16.4. The Morgan fingerprint density at radius 1 is 1.17 bits per heavy atom. The monoisotopic (exact) mass is 308 g/mol. The molecule has 1 heterocycles. The molecule has 0 aromatic heterocycles. The lowest BCUT2D eigenvalue weighted by Crippen LogP contribution is -2.20. The Kier molecular flexibility index (Phi) is 4.15. The zero-order valence-electron chi connectivity index (χ0n) is 13.4. The van der Waals surface area contributed by atoms with Gasteiger partial charge in [0.1, 0.15) is 0 Å². The van der Waals surface area contributed by atoms with E-state index in [9.17, 15) is 9.59 Å². The van der Waals surface area contributed by atoms with Gasteiger partial charge in [-0.1, -0.05) is 29.8 Å². The van der Waals surface area contributed by atoms with E-state index in [2.05, 4.69) is 29.6 Å². The van der Waals surface area contributed by atoms with E-state index in [1.54, 1.807) is 11.9 Å². The van der Waals surface area contributed by atoms with Gasteiger partial charge in [0.15, 0.2) is 0 Å². The molecule has 0 fully saturated rings. The van der Waals surface area contributed by atoms with Crippen molar-refractivity contribution in [2.75, 3.05) is 17.3 Å². The van der Waals surface area contributed by atoms with Crippen molar-refractivity contribution in [3.8, 4) is 0 Å². The van der Waals surface area contributed by atoms with E-state index in [0.29, 0.717) is 12.8 Å². The van der Waals surface area contributed by atoms with Gasteiger partial charge in [-0.25, -0.2) is 0 Å². The number of carbonyl (C=O) groups is 2. The van der Waals surface area contributed by atoms with E-state index < -0.39 is 0 Å². The fraction of sp³-hybridized carbons (Fsp3) is 0.263. The average molecular weight is 308 g/mol. The first kappa shape index (κ1) is 15.3. The third-order valence-corrected chi connectivity index (χ3v) is 4.20. The summed E-state index contributed by atoms with van der Waals surface area (Å²) in [6, 6.07) is 13.8. The smallest absolute Gasteiger partial charge is 0.231 e. The van der Waals surface area contributed by atoms with Crippen LogP contribution >= 0.6 is 0 Å². The van der Waals surface area contributed by atoms with E-state index in [0.717, 1.165) is 28.9 Å². The molecule has 4 nitrogen and oxygen atoms in total. The molecule has 0 saturated heterocycles. The number of amides is 2. The molecule has 0 bridgehead atoms. The molecule has 23 heavy (non-hydrogen) atoms. The number of fused-ring (bicyclic) bond motifs is 1. The number of carbonyl (C=O) groups excluding carboxylic acids is 2. The number of nitrogens with one attached hydrogen (secondary N) is 1. The molecule has 0 radical (unpaired) electrons. The molecular weight excluding hydrogens is 288 g/mol. The SMILES string of the molecule is Cc1ccc(CCC(=O)Nc2ccc3c(c2)CC(=O)N3C)cc1. The molecule has 2 amide bonds. The van der Waals surface area contributed by atoms with E-state index >= 15 is 0 Å². The Morgan fingerprint density at radius 3 is 2.65 bits per heavy atom. The largest absolute Gasteiger partial charge is 0.326 e. The molecule has 1 aliphatic heterocycles. The number of aryl methyl sites for hydroxylation is 2. The van der Waals surface area contributed by atoms with Crippen LogP contribution in [-0.2, 0) is 22.4 Å². The molecule has 1 aliphatic rings. The van der Waals surface area contributed by atoms with Gasteiger partial charge in [-0.15, -0.1) is 0 Å². The maximum atomic E-state index is 12.1. The summed E-state index contributed by atoms with van der Waals surface area (Å²) in [5.41, 5.74) is 5.02. The van der Waals surface area contributed by atoms with E-state index in [4.69, 9.17) is 0 Å². The van der Waals surface area contributed by atoms with Crippen molar-refractivity contribution < 1.29 is 9.59 Å². The molecule has 1 N–H and O–H groups in total. The standard InChI is InChI=1S/C19H20N2O2/c1-13-3-5-14(6-4-13)7-10-18(22)20-16-8-9-17-15(11-16)12-19(23)21(17)2/h3-6,8-9,11H,7,10,12H2,1-2H3,(H,20,22). The Morgan fingerprint density at radius 2 is 1.91 bits per heavy atom. The lowest BCUT2D eigenvalue weighted by molar-refractivity contribution is -0.117. The molecule has 0 saturated carbocycles. The van der Waals surface area contributed by atoms with Crippen LogP contribution in [0.4, 0.5) is 11.4 Å². The Labute approximate surface area is 136 Å². The minimum absolute atomic E-state index is 0.0109. The van der Waals surface area contributed by atoms with Gasteiger partial charge >= 0.3 is 0 Å². The second-order valence-electron chi connectivity index (χ2n) is 6.01. The fourth-order valence-electron chi connectivity index (χ4n) is 2.78. The summed E-state index contributed by atoms with van der Waals surface area (Å²) in [7, 11) is 1.77. The van der Waals surface area contributed by atoms with Crippen molar-refractivity contribution in [2.24, 2.45) is 0 Å². The molecule has 2 aromatic rings. The molecule has 4 heteroatoms. The number of anilines is 2. The highest BCUT2D eigenvalue weighted by Crippen LogP contribution is 2.30. The van der Waals surface area contributed by atoms with Crippen LogP contribution in [0.15, 0.2) is 42.5 Å². The van der Waals surface area contributed by atoms with Gasteiger partial charge in [0.25, 0.3) is 0 Å². The molecular formula is C19H20N2O2. The first-order valence-electron chi connectivity index (χ1n) is 7.78. The summed E-state index contributed by atoms with van der Waals surface area (Å²) >= 11 is 0. The lowest BCUT2D eigenvalue weighted by Gasteiger charge is -2.11. The number of rotatable bonds is 4. The number of hydrogen-bond acceptors (Lipinski definition) is 2. The van der Waals surface area contributed by atoms with E-state index in [1.165, 1.54) is 5.56 Å². The zero-order valence-corrected chi connectivity index (χ0v) is 13.4. The predicted molar refractivity (Wildman–Crippen MR) is 91.7 cm³/mol. The lowest BCUT2D eigenvalue weighted by atomic mass is 10.1. The summed E-state index contributed by atoms with van der Waals surface area (Å²) < 4.78 is 0. The fourth-order valence-corrected chi connectivity index (χ4v) is 2.78.